The Morgan fingerprint density at radius 1 is 1.28 bits per heavy atom. The average molecular weight is 287 g/mol. The Kier molecular flexibility index (Phi) is 4.13. The highest BCUT2D eigenvalue weighted by molar-refractivity contribution is 6.74. The van der Waals surface area contributed by atoms with E-state index < -0.39 is 14.3 Å². The maximum absolute atomic E-state index is 11.0. The van der Waals surface area contributed by atoms with Crippen LogP contribution < -0.4 is 4.43 Å². The topological polar surface area (TPSA) is 46.5 Å². The van der Waals surface area contributed by atoms with Crippen LogP contribution in [0.25, 0.3) is 0 Å². The van der Waals surface area contributed by atoms with Gasteiger partial charge in [0.2, 0.25) is 8.32 Å². The highest BCUT2D eigenvalue weighted by Crippen LogP contribution is 2.38. The van der Waals surface area contributed by atoms with Crippen molar-refractivity contribution < 1.29 is 14.3 Å². The van der Waals surface area contributed by atoms with Crippen LogP contribution in [0.1, 0.15) is 31.1 Å². The molecule has 0 aliphatic heterocycles. The largest absolute Gasteiger partial charge is 0.543 e. The highest BCUT2D eigenvalue weighted by atomic mass is 35.5. The molecule has 1 aromatic carbocycles. The first-order valence-corrected chi connectivity index (χ1v) is 9.04. The van der Waals surface area contributed by atoms with Crippen molar-refractivity contribution in [3.8, 4) is 5.75 Å². The summed E-state index contributed by atoms with van der Waals surface area (Å²) in [6.45, 7) is 10.6. The molecule has 3 nitrogen and oxygen atoms in total. The lowest BCUT2D eigenvalue weighted by Gasteiger charge is -2.36. The van der Waals surface area contributed by atoms with Crippen LogP contribution in [-0.2, 0) is 0 Å². The summed E-state index contributed by atoms with van der Waals surface area (Å²) in [5.74, 6) is -0.468. The van der Waals surface area contributed by atoms with Crippen molar-refractivity contribution in [2.45, 2.75) is 38.9 Å². The smallest absolute Gasteiger partial charge is 0.335 e. The first-order chi connectivity index (χ1) is 8.03. The molecular weight excluding hydrogens is 268 g/mol. The molecule has 0 unspecified atom stereocenters. The minimum absolute atomic E-state index is 0.0543. The normalized spacial score (nSPS) is 12.3. The van der Waals surface area contributed by atoms with Crippen LogP contribution in [0.5, 0.6) is 5.75 Å². The number of carboxylic acids is 1. The van der Waals surface area contributed by atoms with E-state index in [4.69, 9.17) is 21.1 Å². The summed E-state index contributed by atoms with van der Waals surface area (Å²) in [4.78, 5) is 11.0. The molecule has 18 heavy (non-hydrogen) atoms. The van der Waals surface area contributed by atoms with Gasteiger partial charge in [-0.3, -0.25) is 0 Å². The number of hydrogen-bond acceptors (Lipinski definition) is 2. The van der Waals surface area contributed by atoms with Crippen molar-refractivity contribution in [2.75, 3.05) is 0 Å². The van der Waals surface area contributed by atoms with Crippen molar-refractivity contribution in [1.82, 2.24) is 0 Å². The lowest BCUT2D eigenvalue weighted by molar-refractivity contribution is 0.0696. The van der Waals surface area contributed by atoms with Gasteiger partial charge in [0.25, 0.3) is 0 Å². The van der Waals surface area contributed by atoms with Gasteiger partial charge in [-0.2, -0.15) is 0 Å². The van der Waals surface area contributed by atoms with Gasteiger partial charge in [-0.05, 0) is 36.3 Å². The van der Waals surface area contributed by atoms with Gasteiger partial charge in [0.1, 0.15) is 5.75 Å². The van der Waals surface area contributed by atoms with Crippen LogP contribution in [0, 0.1) is 0 Å². The van der Waals surface area contributed by atoms with E-state index >= 15 is 0 Å². The van der Waals surface area contributed by atoms with Gasteiger partial charge in [0.15, 0.2) is 0 Å². The summed E-state index contributed by atoms with van der Waals surface area (Å²) in [6, 6.07) is 4.60. The Bertz CT molecular complexity index is 464. The van der Waals surface area contributed by atoms with E-state index in [1.807, 2.05) is 0 Å². The molecule has 0 spiro atoms. The van der Waals surface area contributed by atoms with Gasteiger partial charge in [-0.25, -0.2) is 4.79 Å². The van der Waals surface area contributed by atoms with E-state index in [9.17, 15) is 4.79 Å². The summed E-state index contributed by atoms with van der Waals surface area (Å²) in [7, 11) is -1.98. The highest BCUT2D eigenvalue weighted by Gasteiger charge is 2.39. The molecule has 0 bridgehead atoms. The van der Waals surface area contributed by atoms with E-state index in [0.717, 1.165) is 0 Å². The maximum Gasteiger partial charge on any atom is 0.335 e. The molecule has 0 aliphatic carbocycles. The first-order valence-electron chi connectivity index (χ1n) is 5.76. The van der Waals surface area contributed by atoms with Crippen LogP contribution in [0.15, 0.2) is 18.2 Å². The third kappa shape index (κ3) is 3.49. The molecule has 0 radical (unpaired) electrons. The van der Waals surface area contributed by atoms with Gasteiger partial charge < -0.3 is 9.53 Å². The molecule has 0 amide bonds. The molecule has 100 valence electrons. The number of aromatic carboxylic acids is 1. The Balaban J connectivity index is 3.09. The van der Waals surface area contributed by atoms with Crippen molar-refractivity contribution in [3.63, 3.8) is 0 Å². The standard InChI is InChI=1S/C13H19ClO3Si/c1-13(2,3)18(4,5)17-11-7-9(12(15)16)6-10(14)8-11/h6-8H,1-5H3,(H,15,16). The minimum atomic E-state index is -1.98. The number of benzene rings is 1. The first kappa shape index (κ1) is 15.1. The number of hydrogen-bond donors (Lipinski definition) is 1. The Morgan fingerprint density at radius 2 is 1.83 bits per heavy atom. The minimum Gasteiger partial charge on any atom is -0.543 e. The van der Waals surface area contributed by atoms with Crippen molar-refractivity contribution in [3.05, 3.63) is 28.8 Å². The lowest BCUT2D eigenvalue weighted by Crippen LogP contribution is -2.43. The number of halogens is 1. The van der Waals surface area contributed by atoms with E-state index in [1.165, 1.54) is 12.1 Å². The van der Waals surface area contributed by atoms with E-state index in [-0.39, 0.29) is 10.6 Å². The molecule has 0 saturated heterocycles. The number of rotatable bonds is 3. The van der Waals surface area contributed by atoms with Crippen molar-refractivity contribution in [2.24, 2.45) is 0 Å². The molecule has 0 aromatic heterocycles. The zero-order valence-corrected chi connectivity index (χ0v) is 13.1. The van der Waals surface area contributed by atoms with Crippen molar-refractivity contribution >= 4 is 25.9 Å². The van der Waals surface area contributed by atoms with Crippen LogP contribution in [0.4, 0.5) is 0 Å². The van der Waals surface area contributed by atoms with E-state index in [1.54, 1.807) is 6.07 Å². The van der Waals surface area contributed by atoms with Crippen LogP contribution in [0.2, 0.25) is 23.2 Å². The summed E-state index contributed by atoms with van der Waals surface area (Å²) >= 11 is 5.91. The Labute approximate surface area is 114 Å². The molecule has 1 aromatic rings. The second kappa shape index (κ2) is 4.94. The maximum atomic E-state index is 11.0. The van der Waals surface area contributed by atoms with Crippen LogP contribution in [0.3, 0.4) is 0 Å². The van der Waals surface area contributed by atoms with Gasteiger partial charge in [0, 0.05) is 5.02 Å². The second-order valence-electron chi connectivity index (χ2n) is 5.84. The molecule has 5 heteroatoms. The third-order valence-corrected chi connectivity index (χ3v) is 7.87. The van der Waals surface area contributed by atoms with E-state index in [0.29, 0.717) is 10.8 Å². The Hall–Kier alpha value is -1.00. The molecule has 1 N–H and O–H groups in total. The van der Waals surface area contributed by atoms with Crippen molar-refractivity contribution in [1.29, 1.82) is 0 Å². The SMILES string of the molecule is CC(C)(C)[Si](C)(C)Oc1cc(Cl)cc(C(=O)O)c1. The third-order valence-electron chi connectivity index (χ3n) is 3.30. The monoisotopic (exact) mass is 286 g/mol. The fourth-order valence-corrected chi connectivity index (χ4v) is 2.43. The fraction of sp³-hybridized carbons (Fsp3) is 0.462. The van der Waals surface area contributed by atoms with Gasteiger partial charge in [0.05, 0.1) is 5.56 Å². The van der Waals surface area contributed by atoms with Gasteiger partial charge in [-0.15, -0.1) is 0 Å². The predicted molar refractivity (Wildman–Crippen MR) is 76.2 cm³/mol. The molecule has 0 heterocycles. The molecule has 1 rings (SSSR count). The lowest BCUT2D eigenvalue weighted by atomic mass is 10.2. The Morgan fingerprint density at radius 3 is 2.28 bits per heavy atom. The summed E-state index contributed by atoms with van der Waals surface area (Å²) in [5.41, 5.74) is 0.149. The quantitative estimate of drug-likeness (QED) is 0.837. The van der Waals surface area contributed by atoms with E-state index in [2.05, 4.69) is 33.9 Å². The van der Waals surface area contributed by atoms with Crippen LogP contribution >= 0.6 is 11.6 Å². The van der Waals surface area contributed by atoms with Gasteiger partial charge >= 0.3 is 5.97 Å². The second-order valence-corrected chi connectivity index (χ2v) is 11.0. The fourth-order valence-electron chi connectivity index (χ4n) is 1.19. The predicted octanol–water partition coefficient (Wildman–Crippen LogP) is 4.42. The number of carboxylic acid groups (broad SMARTS) is 1. The zero-order valence-electron chi connectivity index (χ0n) is 11.4. The molecule has 0 fully saturated rings. The average Bonchev–Trinajstić information content (AvgIpc) is 2.13. The molecule has 0 atom stereocenters. The molecule has 0 saturated carbocycles. The molecule has 0 aliphatic rings. The zero-order chi connectivity index (χ0) is 14.1. The summed E-state index contributed by atoms with van der Waals surface area (Å²) < 4.78 is 6.03. The molecular formula is C13H19ClO3Si. The summed E-state index contributed by atoms with van der Waals surface area (Å²) in [6.07, 6.45) is 0. The number of carbonyl (C=O) groups is 1. The summed E-state index contributed by atoms with van der Waals surface area (Å²) in [5, 5.41) is 9.42. The van der Waals surface area contributed by atoms with Crippen LogP contribution in [-0.4, -0.2) is 19.4 Å². The van der Waals surface area contributed by atoms with Gasteiger partial charge in [-0.1, -0.05) is 32.4 Å².